The molecular weight excluding hydrogens is 444 g/mol. The van der Waals surface area contributed by atoms with Crippen LogP contribution in [0.15, 0.2) is 66.7 Å². The Hall–Kier alpha value is -2.82. The second-order valence-electron chi connectivity index (χ2n) is 9.10. The van der Waals surface area contributed by atoms with Gasteiger partial charge in [-0.2, -0.15) is 0 Å². The van der Waals surface area contributed by atoms with Gasteiger partial charge in [-0.05, 0) is 91.9 Å². The largest absolute Gasteiger partial charge is 0.493 e. The zero-order valence-electron chi connectivity index (χ0n) is 19.9. The average molecular weight is 477 g/mol. The molecule has 0 aliphatic carbocycles. The van der Waals surface area contributed by atoms with Crippen LogP contribution in [-0.2, 0) is 19.4 Å². The van der Waals surface area contributed by atoms with Crippen molar-refractivity contribution in [2.45, 2.75) is 38.6 Å². The highest BCUT2D eigenvalue weighted by atomic mass is 35.5. The quantitative estimate of drug-likeness (QED) is 0.509. The number of hydrogen-bond acceptors (Lipinski definition) is 3. The van der Waals surface area contributed by atoms with E-state index in [4.69, 9.17) is 16.3 Å². The van der Waals surface area contributed by atoms with Crippen molar-refractivity contribution in [2.75, 3.05) is 26.7 Å². The molecular formula is C29H33ClN2O2. The van der Waals surface area contributed by atoms with E-state index in [0.29, 0.717) is 18.7 Å². The fourth-order valence-corrected chi connectivity index (χ4v) is 4.49. The molecule has 0 atom stereocenters. The summed E-state index contributed by atoms with van der Waals surface area (Å²) in [6.07, 6.45) is 4.85. The summed E-state index contributed by atoms with van der Waals surface area (Å²) in [5, 5.41) is 3.76. The first-order chi connectivity index (χ1) is 16.6. The zero-order valence-corrected chi connectivity index (χ0v) is 20.6. The van der Waals surface area contributed by atoms with Crippen molar-refractivity contribution in [1.29, 1.82) is 0 Å². The minimum Gasteiger partial charge on any atom is -0.493 e. The van der Waals surface area contributed by atoms with Crippen LogP contribution in [0, 0.1) is 0 Å². The van der Waals surface area contributed by atoms with Gasteiger partial charge in [0.1, 0.15) is 5.75 Å². The maximum atomic E-state index is 12.9. The van der Waals surface area contributed by atoms with Crippen LogP contribution in [0.4, 0.5) is 0 Å². The summed E-state index contributed by atoms with van der Waals surface area (Å²) >= 11 is 5.95. The van der Waals surface area contributed by atoms with Crippen LogP contribution in [0.3, 0.4) is 0 Å². The highest BCUT2D eigenvalue weighted by Gasteiger charge is 2.13. The molecule has 2 bridgehead atoms. The highest BCUT2D eigenvalue weighted by Crippen LogP contribution is 2.25. The molecule has 4 rings (SSSR count). The van der Waals surface area contributed by atoms with Crippen LogP contribution in [0.2, 0.25) is 5.02 Å². The third-order valence-corrected chi connectivity index (χ3v) is 6.47. The van der Waals surface area contributed by atoms with Gasteiger partial charge in [0.15, 0.2) is 0 Å². The van der Waals surface area contributed by atoms with Crippen molar-refractivity contribution in [1.82, 2.24) is 10.2 Å². The van der Waals surface area contributed by atoms with Gasteiger partial charge < -0.3 is 15.0 Å². The molecule has 0 saturated heterocycles. The van der Waals surface area contributed by atoms with E-state index in [1.807, 2.05) is 42.5 Å². The van der Waals surface area contributed by atoms with Gasteiger partial charge in [0, 0.05) is 30.1 Å². The molecule has 0 saturated carbocycles. The maximum absolute atomic E-state index is 12.9. The molecule has 1 aliphatic rings. The first-order valence-corrected chi connectivity index (χ1v) is 12.5. The molecule has 1 heterocycles. The van der Waals surface area contributed by atoms with E-state index >= 15 is 0 Å². The Morgan fingerprint density at radius 1 is 1.00 bits per heavy atom. The van der Waals surface area contributed by atoms with E-state index < -0.39 is 0 Å². The third kappa shape index (κ3) is 7.09. The van der Waals surface area contributed by atoms with Crippen LogP contribution < -0.4 is 10.1 Å². The minimum atomic E-state index is -0.0634. The van der Waals surface area contributed by atoms with Gasteiger partial charge in [0.2, 0.25) is 0 Å². The molecule has 0 unspecified atom stereocenters. The van der Waals surface area contributed by atoms with Crippen molar-refractivity contribution in [2.24, 2.45) is 0 Å². The topological polar surface area (TPSA) is 41.6 Å². The smallest absolute Gasteiger partial charge is 0.251 e. The molecule has 1 N–H and O–H groups in total. The van der Waals surface area contributed by atoms with Crippen LogP contribution in [0.5, 0.6) is 5.75 Å². The Kier molecular flexibility index (Phi) is 8.62. The van der Waals surface area contributed by atoms with E-state index in [1.54, 1.807) is 0 Å². The van der Waals surface area contributed by atoms with E-state index in [-0.39, 0.29) is 5.91 Å². The second-order valence-corrected chi connectivity index (χ2v) is 9.53. The summed E-state index contributed by atoms with van der Waals surface area (Å²) in [6, 6.07) is 22.3. The van der Waals surface area contributed by atoms with Crippen LogP contribution in [0.1, 0.15) is 51.9 Å². The van der Waals surface area contributed by atoms with E-state index in [9.17, 15) is 4.79 Å². The van der Waals surface area contributed by atoms with Crippen molar-refractivity contribution in [3.05, 3.63) is 99.6 Å². The lowest BCUT2D eigenvalue weighted by Crippen LogP contribution is -2.25. The van der Waals surface area contributed by atoms with Crippen LogP contribution in [-0.4, -0.2) is 37.6 Å². The van der Waals surface area contributed by atoms with Crippen molar-refractivity contribution in [3.63, 3.8) is 0 Å². The lowest BCUT2D eigenvalue weighted by Gasteiger charge is -2.19. The number of carbonyl (C=O) groups is 1. The number of halogens is 1. The summed E-state index contributed by atoms with van der Waals surface area (Å²) in [5.41, 5.74) is 5.40. The number of nitrogens with zero attached hydrogens (tertiary/aromatic N) is 1. The molecule has 1 aliphatic heterocycles. The normalized spacial score (nSPS) is 15.0. The van der Waals surface area contributed by atoms with Gasteiger partial charge in [0.05, 0.1) is 6.61 Å². The Morgan fingerprint density at radius 2 is 1.82 bits per heavy atom. The number of nitrogens with one attached hydrogen (secondary N) is 1. The molecule has 4 nitrogen and oxygen atoms in total. The average Bonchev–Trinajstić information content (AvgIpc) is 2.83. The molecule has 0 spiro atoms. The summed E-state index contributed by atoms with van der Waals surface area (Å²) < 4.78 is 6.16. The summed E-state index contributed by atoms with van der Waals surface area (Å²) in [6.45, 7) is 3.32. The van der Waals surface area contributed by atoms with Gasteiger partial charge in [-0.25, -0.2) is 0 Å². The summed E-state index contributed by atoms with van der Waals surface area (Å²) in [4.78, 5) is 15.3. The number of rotatable bonds is 4. The SMILES string of the molecule is CN1CCCCCOc2ccc(C(=O)NCCc3ccc(Cl)cc3)cc2Cc2cccc(c2)C1. The van der Waals surface area contributed by atoms with Gasteiger partial charge >= 0.3 is 0 Å². The van der Waals surface area contributed by atoms with Crippen LogP contribution >= 0.6 is 11.6 Å². The molecule has 0 fully saturated rings. The van der Waals surface area contributed by atoms with Crippen molar-refractivity contribution < 1.29 is 9.53 Å². The Balaban J connectivity index is 1.48. The zero-order chi connectivity index (χ0) is 23.8. The highest BCUT2D eigenvalue weighted by molar-refractivity contribution is 6.30. The van der Waals surface area contributed by atoms with Gasteiger partial charge in [-0.15, -0.1) is 0 Å². The monoisotopic (exact) mass is 476 g/mol. The number of carbonyl (C=O) groups excluding carboxylic acids is 1. The first-order valence-electron chi connectivity index (χ1n) is 12.1. The minimum absolute atomic E-state index is 0.0634. The van der Waals surface area contributed by atoms with Gasteiger partial charge in [-0.3, -0.25) is 4.79 Å². The molecule has 34 heavy (non-hydrogen) atoms. The Bertz CT molecular complexity index is 1100. The fraction of sp³-hybridized carbons (Fsp3) is 0.345. The van der Waals surface area contributed by atoms with Gasteiger partial charge in [0.25, 0.3) is 5.91 Å². The number of amides is 1. The lowest BCUT2D eigenvalue weighted by atomic mass is 9.99. The Labute approximate surface area is 207 Å². The third-order valence-electron chi connectivity index (χ3n) is 6.22. The molecule has 0 radical (unpaired) electrons. The lowest BCUT2D eigenvalue weighted by molar-refractivity contribution is 0.0954. The Morgan fingerprint density at radius 3 is 2.68 bits per heavy atom. The molecule has 3 aromatic carbocycles. The number of fused-ring (bicyclic) bond motifs is 3. The van der Waals surface area contributed by atoms with E-state index in [2.05, 4.69) is 41.5 Å². The molecule has 1 amide bonds. The predicted molar refractivity (Wildman–Crippen MR) is 139 cm³/mol. The molecule has 0 aromatic heterocycles. The number of hydrogen-bond donors (Lipinski definition) is 1. The van der Waals surface area contributed by atoms with Crippen molar-refractivity contribution in [3.8, 4) is 5.75 Å². The van der Waals surface area contributed by atoms with Crippen molar-refractivity contribution >= 4 is 17.5 Å². The number of ether oxygens (including phenoxy) is 1. The van der Waals surface area contributed by atoms with Crippen LogP contribution in [0.25, 0.3) is 0 Å². The maximum Gasteiger partial charge on any atom is 0.251 e. The predicted octanol–water partition coefficient (Wildman–Crippen LogP) is 5.90. The fourth-order valence-electron chi connectivity index (χ4n) is 4.36. The molecule has 178 valence electrons. The second kappa shape index (κ2) is 12.0. The number of benzene rings is 3. The first kappa shape index (κ1) is 24.3. The molecule has 3 aromatic rings. The van der Waals surface area contributed by atoms with Gasteiger partial charge in [-0.1, -0.05) is 48.0 Å². The van der Waals surface area contributed by atoms with E-state index in [1.165, 1.54) is 17.5 Å². The standard InChI is InChI=1S/C29H33ClN2O2/c1-32-16-3-2-4-17-34-28-13-10-25(20-26(28)19-23-6-5-7-24(18-23)21-32)29(33)31-15-14-22-8-11-27(30)12-9-22/h5-13,18,20H,2-4,14-17,19,21H2,1H3,(H,31,33). The van der Waals surface area contributed by atoms with E-state index in [0.717, 1.165) is 60.7 Å². The summed E-state index contributed by atoms with van der Waals surface area (Å²) in [7, 11) is 2.18. The molecule has 5 heteroatoms. The summed E-state index contributed by atoms with van der Waals surface area (Å²) in [5.74, 6) is 0.809.